The first-order chi connectivity index (χ1) is 8.93. The van der Waals surface area contributed by atoms with Gasteiger partial charge in [0.25, 0.3) is 0 Å². The molecule has 2 heteroatoms. The topological polar surface area (TPSA) is 15.3 Å². The average Bonchev–Trinajstić information content (AvgIpc) is 2.39. The second-order valence-electron chi connectivity index (χ2n) is 5.74. The number of para-hydroxylation sites is 2. The fraction of sp³-hybridized carbons (Fsp3) is 0.625. The van der Waals surface area contributed by atoms with Gasteiger partial charge in [-0.15, -0.1) is 0 Å². The Labute approximate surface area is 110 Å². The lowest BCUT2D eigenvalue weighted by Gasteiger charge is -2.32. The van der Waals surface area contributed by atoms with Crippen molar-refractivity contribution in [3.8, 4) is 0 Å². The molecule has 98 valence electrons. The van der Waals surface area contributed by atoms with Crippen molar-refractivity contribution >= 4 is 11.4 Å². The third-order valence-corrected chi connectivity index (χ3v) is 4.41. The minimum Gasteiger partial charge on any atom is -0.383 e. The molecule has 1 aliphatic heterocycles. The van der Waals surface area contributed by atoms with E-state index in [0.29, 0.717) is 0 Å². The Hall–Kier alpha value is -1.18. The first-order valence-electron chi connectivity index (χ1n) is 7.51. The van der Waals surface area contributed by atoms with Crippen molar-refractivity contribution in [1.82, 2.24) is 0 Å². The van der Waals surface area contributed by atoms with E-state index in [1.165, 1.54) is 63.0 Å². The molecule has 2 fully saturated rings. The normalized spacial score (nSPS) is 20.6. The smallest absolute Gasteiger partial charge is 0.0602 e. The molecule has 1 aromatic carbocycles. The maximum absolute atomic E-state index is 3.67. The fourth-order valence-electron chi connectivity index (χ4n) is 2.98. The molecular formula is C16H24N2. The van der Waals surface area contributed by atoms with E-state index < -0.39 is 0 Å². The number of nitrogens with zero attached hydrogens (tertiary/aromatic N) is 1. The minimum atomic E-state index is 0.916. The Kier molecular flexibility index (Phi) is 3.72. The molecule has 18 heavy (non-hydrogen) atoms. The van der Waals surface area contributed by atoms with Gasteiger partial charge in [-0.1, -0.05) is 18.6 Å². The Morgan fingerprint density at radius 2 is 1.78 bits per heavy atom. The van der Waals surface area contributed by atoms with Crippen LogP contribution in [0.4, 0.5) is 11.4 Å². The summed E-state index contributed by atoms with van der Waals surface area (Å²) in [4.78, 5) is 2.55. The molecule has 3 rings (SSSR count). The van der Waals surface area contributed by atoms with E-state index in [4.69, 9.17) is 0 Å². The number of nitrogens with one attached hydrogen (secondary N) is 1. The van der Waals surface area contributed by atoms with Crippen molar-refractivity contribution in [2.45, 2.75) is 38.5 Å². The van der Waals surface area contributed by atoms with Crippen LogP contribution in [0.15, 0.2) is 24.3 Å². The van der Waals surface area contributed by atoms with Crippen molar-refractivity contribution in [1.29, 1.82) is 0 Å². The van der Waals surface area contributed by atoms with E-state index in [1.807, 2.05) is 0 Å². The maximum Gasteiger partial charge on any atom is 0.0602 e. The van der Waals surface area contributed by atoms with Crippen molar-refractivity contribution in [2.75, 3.05) is 29.9 Å². The molecule has 0 atom stereocenters. The molecule has 0 unspecified atom stereocenters. The number of rotatable bonds is 4. The molecule has 0 radical (unpaired) electrons. The zero-order valence-corrected chi connectivity index (χ0v) is 11.2. The van der Waals surface area contributed by atoms with Crippen LogP contribution >= 0.6 is 0 Å². The number of hydrogen-bond donors (Lipinski definition) is 1. The first-order valence-corrected chi connectivity index (χ1v) is 7.51. The fourth-order valence-corrected chi connectivity index (χ4v) is 2.98. The largest absolute Gasteiger partial charge is 0.383 e. The molecule has 1 saturated heterocycles. The molecule has 1 aromatic rings. The summed E-state index contributed by atoms with van der Waals surface area (Å²) in [6.45, 7) is 3.61. The van der Waals surface area contributed by atoms with E-state index in [1.54, 1.807) is 0 Å². The summed E-state index contributed by atoms with van der Waals surface area (Å²) < 4.78 is 0. The van der Waals surface area contributed by atoms with Crippen LogP contribution in [-0.4, -0.2) is 19.6 Å². The van der Waals surface area contributed by atoms with Crippen LogP contribution < -0.4 is 10.2 Å². The molecule has 1 heterocycles. The summed E-state index contributed by atoms with van der Waals surface area (Å²) in [7, 11) is 0. The number of piperidine rings is 1. The lowest BCUT2D eigenvalue weighted by atomic mass is 9.85. The van der Waals surface area contributed by atoms with Gasteiger partial charge in [-0.3, -0.25) is 0 Å². The first kappa shape index (κ1) is 11.9. The van der Waals surface area contributed by atoms with Crippen LogP contribution in [-0.2, 0) is 0 Å². The van der Waals surface area contributed by atoms with Gasteiger partial charge in [-0.25, -0.2) is 0 Å². The van der Waals surface area contributed by atoms with Gasteiger partial charge in [0.2, 0.25) is 0 Å². The van der Waals surface area contributed by atoms with Crippen molar-refractivity contribution in [3.05, 3.63) is 24.3 Å². The maximum atomic E-state index is 3.67. The van der Waals surface area contributed by atoms with Gasteiger partial charge in [0, 0.05) is 19.6 Å². The number of hydrogen-bond acceptors (Lipinski definition) is 2. The SMILES string of the molecule is c1ccc(N2CCCCC2)c(NCC2CCC2)c1. The summed E-state index contributed by atoms with van der Waals surface area (Å²) >= 11 is 0. The molecule has 2 nitrogen and oxygen atoms in total. The monoisotopic (exact) mass is 244 g/mol. The highest BCUT2D eigenvalue weighted by Gasteiger charge is 2.18. The molecule has 0 bridgehead atoms. The predicted molar refractivity (Wildman–Crippen MR) is 78.3 cm³/mol. The molecule has 0 spiro atoms. The molecular weight excluding hydrogens is 220 g/mol. The van der Waals surface area contributed by atoms with Gasteiger partial charge >= 0.3 is 0 Å². The minimum absolute atomic E-state index is 0.916. The highest BCUT2D eigenvalue weighted by atomic mass is 15.1. The number of benzene rings is 1. The van der Waals surface area contributed by atoms with Crippen molar-refractivity contribution in [2.24, 2.45) is 5.92 Å². The number of anilines is 2. The van der Waals surface area contributed by atoms with Gasteiger partial charge in [0.1, 0.15) is 0 Å². The highest BCUT2D eigenvalue weighted by molar-refractivity contribution is 5.70. The molecule has 2 aliphatic rings. The van der Waals surface area contributed by atoms with Gasteiger partial charge in [0.05, 0.1) is 11.4 Å². The zero-order chi connectivity index (χ0) is 12.2. The zero-order valence-electron chi connectivity index (χ0n) is 11.2. The summed E-state index contributed by atoms with van der Waals surface area (Å²) in [6.07, 6.45) is 8.35. The third-order valence-electron chi connectivity index (χ3n) is 4.41. The summed E-state index contributed by atoms with van der Waals surface area (Å²) in [5.74, 6) is 0.916. The van der Waals surface area contributed by atoms with Crippen LogP contribution in [0.25, 0.3) is 0 Å². The third kappa shape index (κ3) is 2.63. The van der Waals surface area contributed by atoms with Gasteiger partial charge in [-0.05, 0) is 50.2 Å². The van der Waals surface area contributed by atoms with Crippen LogP contribution in [0.5, 0.6) is 0 Å². The molecule has 0 aromatic heterocycles. The quantitative estimate of drug-likeness (QED) is 0.864. The summed E-state index contributed by atoms with van der Waals surface area (Å²) in [5.41, 5.74) is 2.75. The van der Waals surface area contributed by atoms with E-state index >= 15 is 0 Å². The van der Waals surface area contributed by atoms with Gasteiger partial charge < -0.3 is 10.2 Å². The molecule has 1 N–H and O–H groups in total. The van der Waals surface area contributed by atoms with Gasteiger partial charge in [-0.2, -0.15) is 0 Å². The lowest BCUT2D eigenvalue weighted by molar-refractivity contribution is 0.333. The highest BCUT2D eigenvalue weighted by Crippen LogP contribution is 2.31. The molecule has 0 amide bonds. The van der Waals surface area contributed by atoms with E-state index in [9.17, 15) is 0 Å². The Balaban J connectivity index is 1.67. The van der Waals surface area contributed by atoms with Gasteiger partial charge in [0.15, 0.2) is 0 Å². The second-order valence-corrected chi connectivity index (χ2v) is 5.74. The van der Waals surface area contributed by atoms with Crippen LogP contribution in [0.3, 0.4) is 0 Å². The van der Waals surface area contributed by atoms with Crippen LogP contribution in [0.1, 0.15) is 38.5 Å². The summed E-state index contributed by atoms with van der Waals surface area (Å²) in [5, 5.41) is 3.67. The summed E-state index contributed by atoms with van der Waals surface area (Å²) in [6, 6.07) is 8.83. The molecule has 1 saturated carbocycles. The van der Waals surface area contributed by atoms with E-state index in [-0.39, 0.29) is 0 Å². The van der Waals surface area contributed by atoms with Crippen LogP contribution in [0, 0.1) is 5.92 Å². The lowest BCUT2D eigenvalue weighted by Crippen LogP contribution is -2.30. The average molecular weight is 244 g/mol. The van der Waals surface area contributed by atoms with Crippen molar-refractivity contribution in [3.63, 3.8) is 0 Å². The Morgan fingerprint density at radius 1 is 1.00 bits per heavy atom. The van der Waals surface area contributed by atoms with Crippen LogP contribution in [0.2, 0.25) is 0 Å². The van der Waals surface area contributed by atoms with E-state index in [2.05, 4.69) is 34.5 Å². The Morgan fingerprint density at radius 3 is 2.50 bits per heavy atom. The predicted octanol–water partition coefficient (Wildman–Crippen LogP) is 3.89. The molecule has 1 aliphatic carbocycles. The van der Waals surface area contributed by atoms with Crippen molar-refractivity contribution < 1.29 is 0 Å². The Bertz CT molecular complexity index is 378. The van der Waals surface area contributed by atoms with E-state index in [0.717, 1.165) is 12.5 Å². The second kappa shape index (κ2) is 5.64. The standard InChI is InChI=1S/C16H24N2/c1-4-11-18(12-5-1)16-10-3-2-9-15(16)17-13-14-7-6-8-14/h2-3,9-10,14,17H,1,4-8,11-13H2.